The van der Waals surface area contributed by atoms with Crippen LogP contribution in [0.25, 0.3) is 0 Å². The lowest BCUT2D eigenvalue weighted by Crippen LogP contribution is -2.57. The smallest absolute Gasteiger partial charge is 0.303 e. The van der Waals surface area contributed by atoms with Crippen molar-refractivity contribution in [2.75, 3.05) is 0 Å². The number of carbonyl (C=O) groups excluding carboxylic acids is 2. The number of benzene rings is 1. The lowest BCUT2D eigenvalue weighted by Gasteiger charge is -2.46. The van der Waals surface area contributed by atoms with Crippen LogP contribution in [0, 0.1) is 11.8 Å². The molecule has 102 valence electrons. The van der Waals surface area contributed by atoms with Gasteiger partial charge in [-0.25, -0.2) is 0 Å². The minimum Gasteiger partial charge on any atom is -0.450 e. The summed E-state index contributed by atoms with van der Waals surface area (Å²) in [6.45, 7) is 1.39. The molecule has 0 heterocycles. The van der Waals surface area contributed by atoms with Crippen molar-refractivity contribution in [2.45, 2.75) is 31.3 Å². The fourth-order valence-corrected chi connectivity index (χ4v) is 4.26. The molecule has 0 aliphatic heterocycles. The quantitative estimate of drug-likeness (QED) is 0.580. The molecule has 1 aromatic carbocycles. The van der Waals surface area contributed by atoms with E-state index in [0.717, 1.165) is 12.0 Å². The number of rotatable bonds is 1. The van der Waals surface area contributed by atoms with Gasteiger partial charge in [-0.1, -0.05) is 36.4 Å². The molecule has 0 N–H and O–H groups in total. The summed E-state index contributed by atoms with van der Waals surface area (Å²) < 4.78 is 5.61. The van der Waals surface area contributed by atoms with Gasteiger partial charge in [0.1, 0.15) is 0 Å². The molecule has 4 bridgehead atoms. The van der Waals surface area contributed by atoms with E-state index < -0.39 is 5.60 Å². The number of allylic oxidation sites excluding steroid dienone is 1. The third kappa shape index (κ3) is 1.35. The van der Waals surface area contributed by atoms with Gasteiger partial charge >= 0.3 is 5.97 Å². The topological polar surface area (TPSA) is 43.4 Å². The number of ketones is 1. The number of carbonyl (C=O) groups is 2. The number of ether oxygens (including phenoxy) is 1. The summed E-state index contributed by atoms with van der Waals surface area (Å²) in [6.07, 6.45) is 5.52. The van der Waals surface area contributed by atoms with Crippen molar-refractivity contribution >= 4 is 11.8 Å². The van der Waals surface area contributed by atoms with Crippen LogP contribution in [0.4, 0.5) is 0 Å². The molecule has 1 saturated carbocycles. The van der Waals surface area contributed by atoms with Gasteiger partial charge in [0.05, 0.1) is 0 Å². The fourth-order valence-electron chi connectivity index (χ4n) is 4.26. The maximum atomic E-state index is 12.9. The van der Waals surface area contributed by atoms with Gasteiger partial charge in [0.25, 0.3) is 0 Å². The van der Waals surface area contributed by atoms with E-state index in [1.54, 1.807) is 0 Å². The van der Waals surface area contributed by atoms with Gasteiger partial charge in [-0.3, -0.25) is 9.59 Å². The molecule has 4 unspecified atom stereocenters. The van der Waals surface area contributed by atoms with E-state index in [-0.39, 0.29) is 29.5 Å². The third-order valence-electron chi connectivity index (χ3n) is 5.04. The first-order chi connectivity index (χ1) is 9.62. The first-order valence-corrected chi connectivity index (χ1v) is 7.12. The Morgan fingerprint density at radius 3 is 2.85 bits per heavy atom. The lowest BCUT2D eigenvalue weighted by molar-refractivity contribution is -0.176. The van der Waals surface area contributed by atoms with Gasteiger partial charge in [0, 0.05) is 25.2 Å². The molecule has 20 heavy (non-hydrogen) atoms. The molecular formula is C17H16O3. The molecule has 6 rings (SSSR count). The first kappa shape index (κ1) is 11.9. The third-order valence-corrected chi connectivity index (χ3v) is 5.04. The highest BCUT2D eigenvalue weighted by molar-refractivity contribution is 5.97. The van der Waals surface area contributed by atoms with Crippen molar-refractivity contribution in [3.8, 4) is 0 Å². The van der Waals surface area contributed by atoms with E-state index in [4.69, 9.17) is 4.74 Å². The number of Topliss-reactive ketones (excluding diaryl/α,β-unsaturated/α-hetero) is 1. The second-order valence-corrected chi connectivity index (χ2v) is 6.08. The highest BCUT2D eigenvalue weighted by Crippen LogP contribution is 2.54. The number of hydrogen-bond donors (Lipinski definition) is 0. The van der Waals surface area contributed by atoms with E-state index >= 15 is 0 Å². The van der Waals surface area contributed by atoms with Gasteiger partial charge < -0.3 is 4.74 Å². The summed E-state index contributed by atoms with van der Waals surface area (Å²) in [5, 5.41) is 0. The highest BCUT2D eigenvalue weighted by atomic mass is 16.6. The number of esters is 1. The molecule has 1 fully saturated rings. The molecule has 0 spiro atoms. The Bertz CT molecular complexity index is 645. The molecule has 5 aliphatic rings. The van der Waals surface area contributed by atoms with E-state index in [0.29, 0.717) is 6.42 Å². The Balaban J connectivity index is 1.94. The van der Waals surface area contributed by atoms with Gasteiger partial charge in [-0.2, -0.15) is 0 Å². The second-order valence-electron chi connectivity index (χ2n) is 6.08. The van der Waals surface area contributed by atoms with Crippen molar-refractivity contribution in [3.05, 3.63) is 47.5 Å². The van der Waals surface area contributed by atoms with Crippen LogP contribution in [-0.2, 0) is 20.7 Å². The van der Waals surface area contributed by atoms with Crippen LogP contribution in [0.15, 0.2) is 36.4 Å². The van der Waals surface area contributed by atoms with E-state index in [9.17, 15) is 9.59 Å². The molecule has 4 atom stereocenters. The zero-order chi connectivity index (χ0) is 13.9. The van der Waals surface area contributed by atoms with Crippen molar-refractivity contribution in [3.63, 3.8) is 0 Å². The summed E-state index contributed by atoms with van der Waals surface area (Å²) in [5.74, 6) is -0.146. The Morgan fingerprint density at radius 1 is 1.30 bits per heavy atom. The Hall–Kier alpha value is -1.90. The van der Waals surface area contributed by atoms with Gasteiger partial charge in [0.15, 0.2) is 11.4 Å². The van der Waals surface area contributed by atoms with Crippen molar-refractivity contribution < 1.29 is 14.3 Å². The Labute approximate surface area is 117 Å². The normalized spacial score (nSPS) is 36.6. The summed E-state index contributed by atoms with van der Waals surface area (Å²) >= 11 is 0. The number of hydrogen-bond acceptors (Lipinski definition) is 3. The zero-order valence-corrected chi connectivity index (χ0v) is 11.3. The molecule has 5 aliphatic carbocycles. The summed E-state index contributed by atoms with van der Waals surface area (Å²) in [4.78, 5) is 24.4. The molecule has 1 aromatic rings. The fraction of sp³-hybridized carbons (Fsp3) is 0.412. The minimum absolute atomic E-state index is 0.0151. The first-order valence-electron chi connectivity index (χ1n) is 7.12. The van der Waals surface area contributed by atoms with Crippen LogP contribution >= 0.6 is 0 Å². The van der Waals surface area contributed by atoms with Gasteiger partial charge in [-0.05, 0) is 23.5 Å². The van der Waals surface area contributed by atoms with Crippen LogP contribution in [0.3, 0.4) is 0 Å². The average Bonchev–Trinajstić information content (AvgIpc) is 2.59. The minimum atomic E-state index is -0.964. The Kier molecular flexibility index (Phi) is 2.27. The van der Waals surface area contributed by atoms with Gasteiger partial charge in [-0.15, -0.1) is 0 Å². The maximum Gasteiger partial charge on any atom is 0.303 e. The molecule has 3 heteroatoms. The van der Waals surface area contributed by atoms with Crippen LogP contribution < -0.4 is 0 Å². The van der Waals surface area contributed by atoms with Crippen molar-refractivity contribution in [1.29, 1.82) is 0 Å². The molecule has 0 aromatic heterocycles. The molecule has 0 radical (unpaired) electrons. The van der Waals surface area contributed by atoms with Gasteiger partial charge in [0.2, 0.25) is 0 Å². The van der Waals surface area contributed by atoms with Crippen molar-refractivity contribution in [2.24, 2.45) is 11.8 Å². The van der Waals surface area contributed by atoms with Crippen molar-refractivity contribution in [1.82, 2.24) is 0 Å². The summed E-state index contributed by atoms with van der Waals surface area (Å²) in [7, 11) is 0. The largest absolute Gasteiger partial charge is 0.450 e. The summed E-state index contributed by atoms with van der Waals surface area (Å²) in [5.41, 5.74) is 1.45. The average molecular weight is 268 g/mol. The second kappa shape index (κ2) is 3.81. The SMILES string of the molecule is CC(=O)OC12Cc3ccccc3C3CC1C=CC3C2=O. The molecule has 0 saturated heterocycles. The standard InChI is InChI=1S/C17H16O3/c1-10(18)20-17-9-11-4-2-3-5-13(11)15-8-12(17)6-7-14(15)16(17)19/h2-7,12,14-15H,8-9H2,1H3. The Morgan fingerprint density at radius 2 is 2.10 bits per heavy atom. The predicted octanol–water partition coefficient (Wildman–Crippen LogP) is 2.40. The highest BCUT2D eigenvalue weighted by Gasteiger charge is 2.60. The molecule has 3 nitrogen and oxygen atoms in total. The monoisotopic (exact) mass is 268 g/mol. The molecular weight excluding hydrogens is 252 g/mol. The van der Waals surface area contributed by atoms with E-state index in [2.05, 4.69) is 18.2 Å². The lowest BCUT2D eigenvalue weighted by atomic mass is 9.60. The summed E-state index contributed by atoms with van der Waals surface area (Å²) in [6, 6.07) is 8.19. The van der Waals surface area contributed by atoms with Crippen LogP contribution in [0.2, 0.25) is 0 Å². The zero-order valence-electron chi connectivity index (χ0n) is 11.3. The van der Waals surface area contributed by atoms with E-state index in [1.807, 2.05) is 18.2 Å². The van der Waals surface area contributed by atoms with Crippen LogP contribution in [0.1, 0.15) is 30.4 Å². The maximum absolute atomic E-state index is 12.9. The molecule has 0 amide bonds. The van der Waals surface area contributed by atoms with E-state index in [1.165, 1.54) is 12.5 Å². The van der Waals surface area contributed by atoms with Crippen LogP contribution in [-0.4, -0.2) is 17.4 Å². The predicted molar refractivity (Wildman–Crippen MR) is 73.1 cm³/mol. The van der Waals surface area contributed by atoms with Crippen LogP contribution in [0.5, 0.6) is 0 Å².